The first kappa shape index (κ1) is 12.4. The Bertz CT molecular complexity index is 582. The highest BCUT2D eigenvalue weighted by Crippen LogP contribution is 2.27. The smallest absolute Gasteiger partial charge is 0.288 e. The first-order chi connectivity index (χ1) is 8.58. The van der Waals surface area contributed by atoms with Crippen molar-refractivity contribution in [1.82, 2.24) is 9.55 Å². The van der Waals surface area contributed by atoms with Gasteiger partial charge in [0.25, 0.3) is 5.69 Å². The average Bonchev–Trinajstić information content (AvgIpc) is 2.72. The predicted octanol–water partition coefficient (Wildman–Crippen LogP) is 2.59. The number of aryl methyl sites for hydroxylation is 1. The summed E-state index contributed by atoms with van der Waals surface area (Å²) in [7, 11) is 1.90. The van der Waals surface area contributed by atoms with Crippen molar-refractivity contribution < 1.29 is 4.92 Å². The molecular weight excluding hydrogens is 256 g/mol. The molecule has 0 saturated carbocycles. The lowest BCUT2D eigenvalue weighted by atomic mass is 10.3. The number of rotatable bonds is 4. The Morgan fingerprint density at radius 1 is 1.56 bits per heavy atom. The minimum atomic E-state index is -0.509. The molecule has 2 aromatic rings. The van der Waals surface area contributed by atoms with Gasteiger partial charge >= 0.3 is 0 Å². The molecule has 0 unspecified atom stereocenters. The van der Waals surface area contributed by atoms with Crippen molar-refractivity contribution in [2.24, 2.45) is 7.05 Å². The molecule has 0 saturated heterocycles. The highest BCUT2D eigenvalue weighted by atomic mass is 35.5. The molecule has 0 amide bonds. The average molecular weight is 267 g/mol. The van der Waals surface area contributed by atoms with Gasteiger partial charge in [-0.05, 0) is 12.1 Å². The van der Waals surface area contributed by atoms with Gasteiger partial charge in [-0.15, -0.1) is 0 Å². The first-order valence-corrected chi connectivity index (χ1v) is 5.60. The molecule has 1 heterocycles. The molecule has 0 aliphatic heterocycles. The highest BCUT2D eigenvalue weighted by Gasteiger charge is 2.11. The molecule has 1 N–H and O–H groups in total. The maximum atomic E-state index is 10.6. The van der Waals surface area contributed by atoms with E-state index in [1.54, 1.807) is 12.3 Å². The first-order valence-electron chi connectivity index (χ1n) is 5.22. The Morgan fingerprint density at radius 3 is 2.89 bits per heavy atom. The number of aromatic nitrogens is 2. The molecular formula is C11H11ClN4O2. The fraction of sp³-hybridized carbons (Fsp3) is 0.182. The minimum Gasteiger partial charge on any atom is -0.378 e. The second-order valence-electron chi connectivity index (χ2n) is 3.73. The van der Waals surface area contributed by atoms with Crippen LogP contribution < -0.4 is 5.32 Å². The van der Waals surface area contributed by atoms with Gasteiger partial charge in [-0.25, -0.2) is 4.98 Å². The van der Waals surface area contributed by atoms with Crippen LogP contribution in [0, 0.1) is 10.1 Å². The Morgan fingerprint density at radius 2 is 2.33 bits per heavy atom. The van der Waals surface area contributed by atoms with Crippen LogP contribution in [0.4, 0.5) is 11.4 Å². The maximum absolute atomic E-state index is 10.6. The van der Waals surface area contributed by atoms with Gasteiger partial charge in [0, 0.05) is 31.2 Å². The van der Waals surface area contributed by atoms with E-state index in [0.717, 1.165) is 5.82 Å². The lowest BCUT2D eigenvalue weighted by Crippen LogP contribution is -2.05. The molecule has 18 heavy (non-hydrogen) atoms. The van der Waals surface area contributed by atoms with E-state index in [4.69, 9.17) is 11.6 Å². The van der Waals surface area contributed by atoms with Gasteiger partial charge in [0.15, 0.2) is 0 Å². The summed E-state index contributed by atoms with van der Waals surface area (Å²) in [4.78, 5) is 14.3. The van der Waals surface area contributed by atoms with Gasteiger partial charge in [0.05, 0.1) is 11.5 Å². The van der Waals surface area contributed by atoms with Gasteiger partial charge in [-0.2, -0.15) is 0 Å². The fourth-order valence-corrected chi connectivity index (χ4v) is 1.76. The quantitative estimate of drug-likeness (QED) is 0.682. The zero-order chi connectivity index (χ0) is 13.1. The van der Waals surface area contributed by atoms with E-state index in [0.29, 0.717) is 12.2 Å². The number of benzene rings is 1. The van der Waals surface area contributed by atoms with Crippen LogP contribution in [0.5, 0.6) is 0 Å². The van der Waals surface area contributed by atoms with Crippen LogP contribution in [0.1, 0.15) is 5.82 Å². The number of nitrogens with one attached hydrogen (secondary N) is 1. The third-order valence-corrected chi connectivity index (χ3v) is 2.82. The van der Waals surface area contributed by atoms with E-state index < -0.39 is 4.92 Å². The van der Waals surface area contributed by atoms with Crippen molar-refractivity contribution in [3.8, 4) is 0 Å². The van der Waals surface area contributed by atoms with Crippen LogP contribution in [0.15, 0.2) is 30.6 Å². The molecule has 0 radical (unpaired) electrons. The summed E-state index contributed by atoms with van der Waals surface area (Å²) in [6.45, 7) is 0.525. The number of nitrogens with zero attached hydrogens (tertiary/aromatic N) is 3. The molecule has 0 bridgehead atoms. The van der Waals surface area contributed by atoms with Crippen LogP contribution >= 0.6 is 11.6 Å². The second kappa shape index (κ2) is 5.05. The van der Waals surface area contributed by atoms with Gasteiger partial charge in [0.2, 0.25) is 0 Å². The summed E-state index contributed by atoms with van der Waals surface area (Å²) in [6, 6.07) is 4.53. The summed E-state index contributed by atoms with van der Waals surface area (Å²) in [5, 5.41) is 13.8. The molecule has 94 valence electrons. The van der Waals surface area contributed by atoms with Crippen molar-refractivity contribution in [1.29, 1.82) is 0 Å². The third-order valence-electron chi connectivity index (χ3n) is 2.52. The standard InChI is InChI=1S/C11H11ClN4O2/c1-15-5-4-13-11(15)7-14-8-2-3-10(16(17)18)9(12)6-8/h2-6,14H,7H2,1H3. The Hall–Kier alpha value is -2.08. The molecule has 0 fully saturated rings. The van der Waals surface area contributed by atoms with Crippen LogP contribution in [0.25, 0.3) is 0 Å². The lowest BCUT2D eigenvalue weighted by molar-refractivity contribution is -0.384. The lowest BCUT2D eigenvalue weighted by Gasteiger charge is -2.06. The van der Waals surface area contributed by atoms with E-state index in [-0.39, 0.29) is 10.7 Å². The van der Waals surface area contributed by atoms with Gasteiger partial charge < -0.3 is 9.88 Å². The SMILES string of the molecule is Cn1ccnc1CNc1ccc([N+](=O)[O-])c(Cl)c1. The summed E-state index contributed by atoms with van der Waals surface area (Å²) in [6.07, 6.45) is 3.56. The van der Waals surface area contributed by atoms with E-state index in [2.05, 4.69) is 10.3 Å². The number of hydrogen-bond donors (Lipinski definition) is 1. The number of anilines is 1. The Kier molecular flexibility index (Phi) is 3.47. The van der Waals surface area contributed by atoms with Crippen molar-refractivity contribution in [2.45, 2.75) is 6.54 Å². The predicted molar refractivity (Wildman–Crippen MR) is 68.6 cm³/mol. The van der Waals surface area contributed by atoms with E-state index in [1.165, 1.54) is 12.1 Å². The summed E-state index contributed by atoms with van der Waals surface area (Å²) in [5.74, 6) is 0.865. The zero-order valence-corrected chi connectivity index (χ0v) is 10.4. The van der Waals surface area contributed by atoms with Gasteiger partial charge in [-0.1, -0.05) is 11.6 Å². The van der Waals surface area contributed by atoms with Crippen LogP contribution in [-0.4, -0.2) is 14.5 Å². The van der Waals surface area contributed by atoms with Crippen molar-refractivity contribution >= 4 is 23.0 Å². The summed E-state index contributed by atoms with van der Waals surface area (Å²) >= 11 is 5.81. The normalized spacial score (nSPS) is 10.3. The largest absolute Gasteiger partial charge is 0.378 e. The Balaban J connectivity index is 2.09. The van der Waals surface area contributed by atoms with E-state index >= 15 is 0 Å². The molecule has 0 aliphatic rings. The van der Waals surface area contributed by atoms with Crippen molar-refractivity contribution in [3.63, 3.8) is 0 Å². The second-order valence-corrected chi connectivity index (χ2v) is 4.14. The maximum Gasteiger partial charge on any atom is 0.288 e. The molecule has 6 nitrogen and oxygen atoms in total. The number of halogens is 1. The monoisotopic (exact) mass is 266 g/mol. The van der Waals surface area contributed by atoms with E-state index in [1.807, 2.05) is 17.8 Å². The van der Waals surface area contributed by atoms with Crippen LogP contribution in [0.2, 0.25) is 5.02 Å². The van der Waals surface area contributed by atoms with Crippen molar-refractivity contribution in [3.05, 3.63) is 51.6 Å². The van der Waals surface area contributed by atoms with Crippen LogP contribution in [-0.2, 0) is 13.6 Å². The van der Waals surface area contributed by atoms with Gasteiger partial charge in [-0.3, -0.25) is 10.1 Å². The number of nitro groups is 1. The molecule has 2 rings (SSSR count). The topological polar surface area (TPSA) is 73.0 Å². The zero-order valence-electron chi connectivity index (χ0n) is 9.63. The van der Waals surface area contributed by atoms with Crippen LogP contribution in [0.3, 0.4) is 0 Å². The molecule has 0 spiro atoms. The van der Waals surface area contributed by atoms with Crippen molar-refractivity contribution in [2.75, 3.05) is 5.32 Å². The number of imidazole rings is 1. The molecule has 0 aliphatic carbocycles. The van der Waals surface area contributed by atoms with E-state index in [9.17, 15) is 10.1 Å². The third kappa shape index (κ3) is 2.60. The fourth-order valence-electron chi connectivity index (χ4n) is 1.51. The molecule has 1 aromatic carbocycles. The summed E-state index contributed by atoms with van der Waals surface area (Å²) < 4.78 is 1.89. The Labute approximate surface area is 108 Å². The minimum absolute atomic E-state index is 0.0980. The highest BCUT2D eigenvalue weighted by molar-refractivity contribution is 6.32. The summed E-state index contributed by atoms with van der Waals surface area (Å²) in [5.41, 5.74) is 0.618. The number of hydrogen-bond acceptors (Lipinski definition) is 4. The molecule has 1 aromatic heterocycles. The van der Waals surface area contributed by atoms with Gasteiger partial charge in [0.1, 0.15) is 10.8 Å². The number of nitro benzene ring substituents is 1. The molecule has 7 heteroatoms. The molecule has 0 atom stereocenters.